The first-order valence-corrected chi connectivity index (χ1v) is 10.7. The van der Waals surface area contributed by atoms with Crippen molar-refractivity contribution in [2.45, 2.75) is 24.7 Å². The van der Waals surface area contributed by atoms with Crippen LogP contribution >= 0.6 is 10.7 Å². The largest absolute Gasteiger partial charge is 0.445 e. The number of amides is 1. The van der Waals surface area contributed by atoms with Crippen molar-refractivity contribution >= 4 is 31.6 Å². The summed E-state index contributed by atoms with van der Waals surface area (Å²) in [5, 5.41) is 1.30. The molecule has 0 saturated carbocycles. The first kappa shape index (κ1) is 20.9. The van der Waals surface area contributed by atoms with Crippen LogP contribution in [0, 0.1) is 0 Å². The maximum absolute atomic E-state index is 12.1. The van der Waals surface area contributed by atoms with E-state index in [1.807, 2.05) is 18.2 Å². The van der Waals surface area contributed by atoms with Gasteiger partial charge in [-0.2, -0.15) is 0 Å². The predicted octanol–water partition coefficient (Wildman–Crippen LogP) is 3.51. The maximum atomic E-state index is 12.1. The van der Waals surface area contributed by atoms with Crippen LogP contribution in [0.5, 0.6) is 0 Å². The van der Waals surface area contributed by atoms with Crippen LogP contribution < -0.4 is 5.32 Å². The number of rotatable bonds is 9. The monoisotopic (exact) mass is 409 g/mol. The topological polar surface area (TPSA) is 89.5 Å². The van der Waals surface area contributed by atoms with Gasteiger partial charge in [0.25, 0.3) is 0 Å². The second kappa shape index (κ2) is 10.1. The highest BCUT2D eigenvalue weighted by molar-refractivity contribution is 8.14. The molecule has 1 atom stereocenters. The quantitative estimate of drug-likeness (QED) is 0.505. The van der Waals surface area contributed by atoms with E-state index in [-0.39, 0.29) is 31.8 Å². The standard InChI is InChI=1S/C19H20ClNO5S/c20-27(24,25)17(11-12-18(22)16-9-5-2-6-10-16)13-21-19(23)26-14-15-7-3-1-4-8-15/h1-10,17H,11-14H2,(H,21,23). The van der Waals surface area contributed by atoms with Crippen molar-refractivity contribution in [2.75, 3.05) is 6.54 Å². The molecule has 0 bridgehead atoms. The SMILES string of the molecule is O=C(NCC(CCC(=O)c1ccccc1)S(=O)(=O)Cl)OCc1ccccc1. The van der Waals surface area contributed by atoms with Crippen molar-refractivity contribution in [2.24, 2.45) is 0 Å². The second-order valence-corrected chi connectivity index (χ2v) is 8.78. The van der Waals surface area contributed by atoms with Gasteiger partial charge in [0.2, 0.25) is 9.05 Å². The summed E-state index contributed by atoms with van der Waals surface area (Å²) in [6.45, 7) is -0.168. The molecule has 2 aromatic carbocycles. The lowest BCUT2D eigenvalue weighted by Crippen LogP contribution is -2.35. The summed E-state index contributed by atoms with van der Waals surface area (Å²) < 4.78 is 28.5. The summed E-state index contributed by atoms with van der Waals surface area (Å²) in [6.07, 6.45) is -0.751. The Bertz CT molecular complexity index is 856. The van der Waals surface area contributed by atoms with Gasteiger partial charge in [-0.05, 0) is 12.0 Å². The van der Waals surface area contributed by atoms with Crippen LogP contribution in [0.15, 0.2) is 60.7 Å². The summed E-state index contributed by atoms with van der Waals surface area (Å²) in [6, 6.07) is 17.6. The number of halogens is 1. The molecule has 0 radical (unpaired) electrons. The number of nitrogens with one attached hydrogen (secondary N) is 1. The number of hydrogen-bond donors (Lipinski definition) is 1. The molecule has 2 aromatic rings. The first-order chi connectivity index (χ1) is 12.9. The minimum Gasteiger partial charge on any atom is -0.445 e. The van der Waals surface area contributed by atoms with E-state index in [1.54, 1.807) is 42.5 Å². The van der Waals surface area contributed by atoms with Crippen molar-refractivity contribution < 1.29 is 22.7 Å². The number of hydrogen-bond acceptors (Lipinski definition) is 5. The van der Waals surface area contributed by atoms with E-state index < -0.39 is 20.4 Å². The molecule has 0 spiro atoms. The Morgan fingerprint density at radius 2 is 1.59 bits per heavy atom. The third-order valence-electron chi connectivity index (χ3n) is 3.87. The third-order valence-corrected chi connectivity index (χ3v) is 5.83. The van der Waals surface area contributed by atoms with Gasteiger partial charge in [-0.3, -0.25) is 4.79 Å². The van der Waals surface area contributed by atoms with Gasteiger partial charge >= 0.3 is 6.09 Å². The number of carbonyl (C=O) groups is 2. The van der Waals surface area contributed by atoms with Crippen LogP contribution in [-0.2, 0) is 20.4 Å². The number of ketones is 1. The molecule has 0 aliphatic carbocycles. The van der Waals surface area contributed by atoms with E-state index in [2.05, 4.69) is 5.32 Å². The maximum Gasteiger partial charge on any atom is 0.407 e. The summed E-state index contributed by atoms with van der Waals surface area (Å²) in [5.74, 6) is -0.187. The Kier molecular flexibility index (Phi) is 7.82. The predicted molar refractivity (Wildman–Crippen MR) is 103 cm³/mol. The minimum absolute atomic E-state index is 0.00136. The molecule has 0 fully saturated rings. The average Bonchev–Trinajstić information content (AvgIpc) is 2.66. The zero-order chi connectivity index (χ0) is 19.7. The lowest BCUT2D eigenvalue weighted by Gasteiger charge is -2.14. The van der Waals surface area contributed by atoms with E-state index >= 15 is 0 Å². The molecule has 6 nitrogen and oxygen atoms in total. The van der Waals surface area contributed by atoms with Gasteiger partial charge < -0.3 is 10.1 Å². The zero-order valence-corrected chi connectivity index (χ0v) is 16.1. The van der Waals surface area contributed by atoms with Crippen LogP contribution in [0.1, 0.15) is 28.8 Å². The number of ether oxygens (including phenoxy) is 1. The zero-order valence-electron chi connectivity index (χ0n) is 14.5. The van der Waals surface area contributed by atoms with E-state index in [0.717, 1.165) is 5.56 Å². The van der Waals surface area contributed by atoms with Gasteiger partial charge in [0.1, 0.15) is 6.61 Å². The van der Waals surface area contributed by atoms with Gasteiger partial charge in [-0.25, -0.2) is 13.2 Å². The van der Waals surface area contributed by atoms with Crippen LogP contribution in [0.25, 0.3) is 0 Å². The van der Waals surface area contributed by atoms with Gasteiger partial charge in [-0.15, -0.1) is 0 Å². The highest BCUT2D eigenvalue weighted by Gasteiger charge is 2.25. The smallest absolute Gasteiger partial charge is 0.407 e. The summed E-state index contributed by atoms with van der Waals surface area (Å²) in [4.78, 5) is 23.9. The normalized spacial score (nSPS) is 12.2. The van der Waals surface area contributed by atoms with Crippen LogP contribution in [0.3, 0.4) is 0 Å². The molecule has 0 saturated heterocycles. The van der Waals surface area contributed by atoms with Gasteiger partial charge in [0.15, 0.2) is 5.78 Å². The molecule has 0 aromatic heterocycles. The average molecular weight is 410 g/mol. The lowest BCUT2D eigenvalue weighted by atomic mass is 10.1. The molecule has 1 unspecified atom stereocenters. The molecule has 8 heteroatoms. The Morgan fingerprint density at radius 1 is 1.00 bits per heavy atom. The van der Waals surface area contributed by atoms with Crippen molar-refractivity contribution in [1.29, 1.82) is 0 Å². The minimum atomic E-state index is -3.96. The molecule has 0 aliphatic heterocycles. The number of carbonyl (C=O) groups excluding carboxylic acids is 2. The number of benzene rings is 2. The van der Waals surface area contributed by atoms with Gasteiger partial charge in [-0.1, -0.05) is 60.7 Å². The second-order valence-electron chi connectivity index (χ2n) is 5.87. The molecule has 144 valence electrons. The van der Waals surface area contributed by atoms with Crippen LogP contribution in [-0.4, -0.2) is 32.1 Å². The molecular weight excluding hydrogens is 390 g/mol. The van der Waals surface area contributed by atoms with E-state index in [0.29, 0.717) is 5.56 Å². The fourth-order valence-corrected chi connectivity index (χ4v) is 3.51. The van der Waals surface area contributed by atoms with Crippen molar-refractivity contribution in [3.63, 3.8) is 0 Å². The third kappa shape index (κ3) is 7.40. The van der Waals surface area contributed by atoms with Crippen LogP contribution in [0.2, 0.25) is 0 Å². The van der Waals surface area contributed by atoms with Crippen molar-refractivity contribution in [3.05, 3.63) is 71.8 Å². The Morgan fingerprint density at radius 3 is 2.19 bits per heavy atom. The Balaban J connectivity index is 1.83. The fourth-order valence-electron chi connectivity index (χ4n) is 2.37. The van der Waals surface area contributed by atoms with E-state index in [1.165, 1.54) is 0 Å². The van der Waals surface area contributed by atoms with Crippen LogP contribution in [0.4, 0.5) is 4.79 Å². The Labute approximate surface area is 162 Å². The number of Topliss-reactive ketones (excluding diaryl/α,β-unsaturated/α-hetero) is 1. The molecule has 1 amide bonds. The van der Waals surface area contributed by atoms with Gasteiger partial charge in [0, 0.05) is 29.2 Å². The highest BCUT2D eigenvalue weighted by atomic mass is 35.7. The lowest BCUT2D eigenvalue weighted by molar-refractivity contribution is 0.0980. The summed E-state index contributed by atoms with van der Waals surface area (Å²) in [7, 11) is 1.50. The molecule has 0 heterocycles. The fraction of sp³-hybridized carbons (Fsp3) is 0.263. The molecule has 27 heavy (non-hydrogen) atoms. The molecular formula is C19H20ClNO5S. The summed E-state index contributed by atoms with van der Waals surface area (Å²) >= 11 is 0. The summed E-state index contributed by atoms with van der Waals surface area (Å²) in [5.41, 5.74) is 1.31. The molecule has 0 aliphatic rings. The van der Waals surface area contributed by atoms with E-state index in [4.69, 9.17) is 15.4 Å². The van der Waals surface area contributed by atoms with Gasteiger partial charge in [0.05, 0.1) is 5.25 Å². The highest BCUT2D eigenvalue weighted by Crippen LogP contribution is 2.15. The molecule has 1 N–H and O–H groups in total. The molecule has 2 rings (SSSR count). The Hall–Kier alpha value is -2.38. The number of alkyl carbamates (subject to hydrolysis) is 1. The van der Waals surface area contributed by atoms with Crippen molar-refractivity contribution in [3.8, 4) is 0 Å². The first-order valence-electron chi connectivity index (χ1n) is 8.32. The van der Waals surface area contributed by atoms with Crippen molar-refractivity contribution in [1.82, 2.24) is 5.32 Å². The van der Waals surface area contributed by atoms with E-state index in [9.17, 15) is 18.0 Å².